The molecular weight excluding hydrogens is 300 g/mol. The first kappa shape index (κ1) is 13.1. The minimum absolute atomic E-state index is 0.151. The normalized spacial score (nSPS) is 10.6. The van der Waals surface area contributed by atoms with Crippen LogP contribution in [0.25, 0.3) is 5.69 Å². The molecule has 0 saturated carbocycles. The second-order valence-corrected chi connectivity index (χ2v) is 4.48. The van der Waals surface area contributed by atoms with Crippen molar-refractivity contribution in [2.24, 2.45) is 0 Å². The highest BCUT2D eigenvalue weighted by atomic mass is 35.5. The van der Waals surface area contributed by atoms with Gasteiger partial charge in [-0.05, 0) is 6.07 Å². The molecular formula is C10H6Cl3N3O2. The highest BCUT2D eigenvalue weighted by molar-refractivity contribution is 6.38. The lowest BCUT2D eigenvalue weighted by molar-refractivity contribution is -0.384. The number of halogens is 3. The number of benzene rings is 1. The number of non-ortho nitro benzene ring substituents is 1. The summed E-state index contributed by atoms with van der Waals surface area (Å²) in [6.07, 6.45) is 1.64. The monoisotopic (exact) mass is 305 g/mol. The van der Waals surface area contributed by atoms with Gasteiger partial charge in [-0.25, -0.2) is 4.68 Å². The topological polar surface area (TPSA) is 61.0 Å². The van der Waals surface area contributed by atoms with E-state index in [-0.39, 0.29) is 21.6 Å². The van der Waals surface area contributed by atoms with E-state index in [0.29, 0.717) is 11.4 Å². The van der Waals surface area contributed by atoms with Gasteiger partial charge in [0.2, 0.25) is 0 Å². The van der Waals surface area contributed by atoms with E-state index in [4.69, 9.17) is 34.8 Å². The molecule has 5 nitrogen and oxygen atoms in total. The van der Waals surface area contributed by atoms with Gasteiger partial charge in [0.05, 0.1) is 26.5 Å². The Labute approximate surface area is 117 Å². The molecule has 0 amide bonds. The van der Waals surface area contributed by atoms with E-state index in [1.165, 1.54) is 16.8 Å². The van der Waals surface area contributed by atoms with E-state index in [9.17, 15) is 10.1 Å². The number of nitro benzene ring substituents is 1. The molecule has 0 aliphatic rings. The summed E-state index contributed by atoms with van der Waals surface area (Å²) in [6, 6.07) is 4.16. The summed E-state index contributed by atoms with van der Waals surface area (Å²) in [5.41, 5.74) is 0.876. The van der Waals surface area contributed by atoms with Gasteiger partial charge in [-0.3, -0.25) is 10.1 Å². The smallest absolute Gasteiger partial charge is 0.258 e. The van der Waals surface area contributed by atoms with Crippen LogP contribution in [0.5, 0.6) is 0 Å². The van der Waals surface area contributed by atoms with Crippen LogP contribution >= 0.6 is 34.8 Å². The molecule has 0 aliphatic heterocycles. The average Bonchev–Trinajstić information content (AvgIpc) is 2.76. The summed E-state index contributed by atoms with van der Waals surface area (Å²) in [5, 5.41) is 15.1. The van der Waals surface area contributed by atoms with Gasteiger partial charge >= 0.3 is 0 Å². The van der Waals surface area contributed by atoms with Crippen LogP contribution in [-0.2, 0) is 5.88 Å². The molecule has 0 unspecified atom stereocenters. The zero-order chi connectivity index (χ0) is 13.3. The molecule has 1 heterocycles. The fourth-order valence-corrected chi connectivity index (χ4v) is 2.23. The first-order valence-corrected chi connectivity index (χ1v) is 6.06. The van der Waals surface area contributed by atoms with Gasteiger partial charge < -0.3 is 0 Å². The van der Waals surface area contributed by atoms with Crippen LogP contribution in [0.2, 0.25) is 10.0 Å². The molecule has 1 aromatic heterocycles. The number of hydrogen-bond donors (Lipinski definition) is 0. The molecule has 2 rings (SSSR count). The molecule has 94 valence electrons. The molecule has 2 aromatic rings. The number of nitro groups is 1. The maximum absolute atomic E-state index is 10.7. The Hall–Kier alpha value is -1.30. The number of rotatable bonds is 3. The van der Waals surface area contributed by atoms with Crippen molar-refractivity contribution in [3.8, 4) is 5.69 Å². The first-order valence-electron chi connectivity index (χ1n) is 4.77. The maximum Gasteiger partial charge on any atom is 0.272 e. The Morgan fingerprint density at radius 3 is 2.39 bits per heavy atom. The Morgan fingerprint density at radius 1 is 1.33 bits per heavy atom. The highest BCUT2D eigenvalue weighted by Crippen LogP contribution is 2.32. The fourth-order valence-electron chi connectivity index (χ4n) is 1.43. The van der Waals surface area contributed by atoms with Crippen molar-refractivity contribution in [1.29, 1.82) is 0 Å². The molecule has 0 N–H and O–H groups in total. The SMILES string of the molecule is O=[N+]([O-])c1cc(Cl)c(-n2ccc(CCl)n2)c(Cl)c1. The summed E-state index contributed by atoms with van der Waals surface area (Å²) in [6.45, 7) is 0. The molecule has 0 spiro atoms. The van der Waals surface area contributed by atoms with Crippen LogP contribution in [0.4, 0.5) is 5.69 Å². The van der Waals surface area contributed by atoms with Gasteiger partial charge in [0.15, 0.2) is 0 Å². The van der Waals surface area contributed by atoms with E-state index in [2.05, 4.69) is 5.10 Å². The molecule has 0 aliphatic carbocycles. The number of hydrogen-bond acceptors (Lipinski definition) is 3. The standard InChI is InChI=1S/C10H6Cl3N3O2/c11-5-6-1-2-15(14-6)10-8(12)3-7(16(17)18)4-9(10)13/h1-4H,5H2. The van der Waals surface area contributed by atoms with Gasteiger partial charge in [0, 0.05) is 18.3 Å². The van der Waals surface area contributed by atoms with E-state index >= 15 is 0 Å². The maximum atomic E-state index is 10.7. The zero-order valence-corrected chi connectivity index (χ0v) is 11.1. The Kier molecular flexibility index (Phi) is 3.75. The lowest BCUT2D eigenvalue weighted by Crippen LogP contribution is -1.99. The summed E-state index contributed by atoms with van der Waals surface area (Å²) < 4.78 is 1.44. The Morgan fingerprint density at radius 2 is 1.94 bits per heavy atom. The molecule has 1 aromatic carbocycles. The van der Waals surface area contributed by atoms with Crippen LogP contribution in [-0.4, -0.2) is 14.7 Å². The van der Waals surface area contributed by atoms with Crippen LogP contribution in [0.1, 0.15) is 5.69 Å². The number of nitrogens with zero attached hydrogens (tertiary/aromatic N) is 3. The van der Waals surface area contributed by atoms with E-state index in [0.717, 1.165) is 0 Å². The van der Waals surface area contributed by atoms with Crippen molar-refractivity contribution in [1.82, 2.24) is 9.78 Å². The third-order valence-corrected chi connectivity index (χ3v) is 3.07. The lowest BCUT2D eigenvalue weighted by atomic mass is 10.3. The second kappa shape index (κ2) is 5.14. The third-order valence-electron chi connectivity index (χ3n) is 2.22. The predicted molar refractivity (Wildman–Crippen MR) is 69.8 cm³/mol. The van der Waals surface area contributed by atoms with Crippen LogP contribution in [0, 0.1) is 10.1 Å². The summed E-state index contributed by atoms with van der Waals surface area (Å²) in [5.74, 6) is 0.259. The van der Waals surface area contributed by atoms with E-state index in [1.54, 1.807) is 12.3 Å². The quantitative estimate of drug-likeness (QED) is 0.492. The molecule has 0 atom stereocenters. The van der Waals surface area contributed by atoms with Crippen LogP contribution in [0.15, 0.2) is 24.4 Å². The van der Waals surface area contributed by atoms with Gasteiger partial charge in [0.25, 0.3) is 5.69 Å². The van der Waals surface area contributed by atoms with Gasteiger partial charge in [-0.15, -0.1) is 11.6 Å². The highest BCUT2D eigenvalue weighted by Gasteiger charge is 2.16. The summed E-state index contributed by atoms with van der Waals surface area (Å²) in [4.78, 5) is 10.1. The number of aromatic nitrogens is 2. The first-order chi connectivity index (χ1) is 8.52. The van der Waals surface area contributed by atoms with Gasteiger partial charge in [0.1, 0.15) is 5.69 Å². The Bertz CT molecular complexity index is 589. The molecule has 0 radical (unpaired) electrons. The van der Waals surface area contributed by atoms with Crippen molar-refractivity contribution in [3.63, 3.8) is 0 Å². The van der Waals surface area contributed by atoms with Crippen molar-refractivity contribution in [2.45, 2.75) is 5.88 Å². The van der Waals surface area contributed by atoms with Crippen LogP contribution in [0.3, 0.4) is 0 Å². The van der Waals surface area contributed by atoms with Crippen molar-refractivity contribution in [2.75, 3.05) is 0 Å². The van der Waals surface area contributed by atoms with E-state index in [1.807, 2.05) is 0 Å². The largest absolute Gasteiger partial charge is 0.272 e. The zero-order valence-electron chi connectivity index (χ0n) is 8.81. The predicted octanol–water partition coefficient (Wildman–Crippen LogP) is 3.83. The van der Waals surface area contributed by atoms with Gasteiger partial charge in [-0.1, -0.05) is 23.2 Å². The van der Waals surface area contributed by atoms with E-state index < -0.39 is 4.92 Å². The number of alkyl halides is 1. The molecule has 0 fully saturated rings. The molecule has 0 bridgehead atoms. The van der Waals surface area contributed by atoms with Crippen molar-refractivity contribution < 1.29 is 4.92 Å². The van der Waals surface area contributed by atoms with Crippen molar-refractivity contribution >= 4 is 40.5 Å². The van der Waals surface area contributed by atoms with Crippen molar-refractivity contribution in [3.05, 3.63) is 50.2 Å². The molecule has 18 heavy (non-hydrogen) atoms. The Balaban J connectivity index is 2.54. The fraction of sp³-hybridized carbons (Fsp3) is 0.100. The molecule has 0 saturated heterocycles. The molecule has 8 heteroatoms. The lowest BCUT2D eigenvalue weighted by Gasteiger charge is -2.06. The minimum Gasteiger partial charge on any atom is -0.258 e. The summed E-state index contributed by atoms with van der Waals surface area (Å²) >= 11 is 17.6. The van der Waals surface area contributed by atoms with Crippen LogP contribution < -0.4 is 0 Å². The minimum atomic E-state index is -0.561. The third kappa shape index (κ3) is 2.43. The average molecular weight is 307 g/mol. The summed E-state index contributed by atoms with van der Waals surface area (Å²) in [7, 11) is 0. The second-order valence-electron chi connectivity index (χ2n) is 3.40. The van der Waals surface area contributed by atoms with Gasteiger partial charge in [-0.2, -0.15) is 5.10 Å².